The molecule has 1 aliphatic heterocycles. The molecule has 0 bridgehead atoms. The number of methoxy groups -OCH3 is 2. The molecule has 1 aliphatic rings. The molecule has 0 radical (unpaired) electrons. The number of benzene rings is 3. The molecule has 1 saturated heterocycles. The van der Waals surface area contributed by atoms with Crippen LogP contribution in [-0.4, -0.2) is 38.1 Å². The first-order chi connectivity index (χ1) is 20.5. The van der Waals surface area contributed by atoms with Crippen molar-refractivity contribution in [2.24, 2.45) is 5.41 Å². The number of carbonyl (C=O) groups excluding carboxylic acids is 1. The zero-order chi connectivity index (χ0) is 31.1. The maximum atomic E-state index is 13.2. The second-order valence-corrected chi connectivity index (χ2v) is 12.3. The minimum absolute atomic E-state index is 0.0468. The van der Waals surface area contributed by atoms with Crippen molar-refractivity contribution in [3.05, 3.63) is 81.4 Å². The van der Waals surface area contributed by atoms with Gasteiger partial charge in [0.2, 0.25) is 0 Å². The van der Waals surface area contributed by atoms with Crippen LogP contribution < -0.4 is 19.5 Å². The molecule has 0 saturated carbocycles. The summed E-state index contributed by atoms with van der Waals surface area (Å²) in [5, 5.41) is 14.9. The Morgan fingerprint density at radius 3 is 2.44 bits per heavy atom. The van der Waals surface area contributed by atoms with Crippen LogP contribution in [0.2, 0.25) is 5.02 Å². The summed E-state index contributed by atoms with van der Waals surface area (Å²) in [6.07, 6.45) is 1.38. The molecule has 2 atom stereocenters. The van der Waals surface area contributed by atoms with Gasteiger partial charge >= 0.3 is 5.97 Å². The van der Waals surface area contributed by atoms with Crippen molar-refractivity contribution in [2.45, 2.75) is 72.5 Å². The fourth-order valence-electron chi connectivity index (χ4n) is 5.12. The lowest BCUT2D eigenvalue weighted by atomic mass is 9.86. The molecule has 9 heteroatoms. The fourth-order valence-corrected chi connectivity index (χ4v) is 5.31. The molecular formula is C34H42ClNO7. The average Bonchev–Trinajstić information content (AvgIpc) is 3.50. The van der Waals surface area contributed by atoms with Crippen LogP contribution in [0.5, 0.6) is 23.0 Å². The lowest BCUT2D eigenvalue weighted by Crippen LogP contribution is -2.24. The number of aliphatic hydroxyl groups is 1. The standard InChI is InChI=1S/C34H42ClNO7/c1-21-17-27(41-19-22-11-8-7-9-12-22)31(24(30(21)35)20-42-28-13-10-16-36-28)43-26-15-14-23(25(37)18-34(2,3)4)32(39-5)29(26)33(38)40-6/h7-9,11-12,14-15,17,25,28,36-37H,10,13,16,18-20H2,1-6H3/t25-,28?/m0/s1. The third-order valence-electron chi connectivity index (χ3n) is 7.26. The van der Waals surface area contributed by atoms with E-state index in [1.54, 1.807) is 12.1 Å². The van der Waals surface area contributed by atoms with Crippen molar-refractivity contribution >= 4 is 17.6 Å². The maximum absolute atomic E-state index is 13.2. The smallest absolute Gasteiger partial charge is 0.345 e. The van der Waals surface area contributed by atoms with Crippen molar-refractivity contribution < 1.29 is 33.6 Å². The summed E-state index contributed by atoms with van der Waals surface area (Å²) in [4.78, 5) is 13.2. The van der Waals surface area contributed by atoms with Crippen LogP contribution in [0.1, 0.15) is 78.7 Å². The minimum atomic E-state index is -0.881. The fraction of sp³-hybridized carbons (Fsp3) is 0.441. The van der Waals surface area contributed by atoms with Crippen LogP contribution in [0.3, 0.4) is 0 Å². The number of hydrogen-bond donors (Lipinski definition) is 2. The molecule has 1 heterocycles. The molecule has 1 unspecified atom stereocenters. The van der Waals surface area contributed by atoms with Crippen LogP contribution in [0.4, 0.5) is 0 Å². The Kier molecular flexibility index (Phi) is 11.0. The summed E-state index contributed by atoms with van der Waals surface area (Å²) in [6.45, 7) is 9.32. The van der Waals surface area contributed by atoms with E-state index in [0.717, 1.165) is 30.5 Å². The molecule has 0 aliphatic carbocycles. The number of hydrogen-bond acceptors (Lipinski definition) is 8. The Hall–Kier alpha value is -3.30. The van der Waals surface area contributed by atoms with Crippen molar-refractivity contribution in [1.29, 1.82) is 0 Å². The zero-order valence-corrected chi connectivity index (χ0v) is 26.5. The molecule has 2 N–H and O–H groups in total. The highest BCUT2D eigenvalue weighted by atomic mass is 35.5. The van der Waals surface area contributed by atoms with Crippen LogP contribution in [0.25, 0.3) is 0 Å². The Bertz CT molecular complexity index is 1400. The monoisotopic (exact) mass is 611 g/mol. The van der Waals surface area contributed by atoms with E-state index in [2.05, 4.69) is 5.32 Å². The normalized spacial score (nSPS) is 15.7. The summed E-state index contributed by atoms with van der Waals surface area (Å²) in [5.74, 6) is 0.434. The highest BCUT2D eigenvalue weighted by Crippen LogP contribution is 2.46. The van der Waals surface area contributed by atoms with Gasteiger partial charge in [0.1, 0.15) is 29.9 Å². The second-order valence-electron chi connectivity index (χ2n) is 11.9. The highest BCUT2D eigenvalue weighted by molar-refractivity contribution is 6.32. The van der Waals surface area contributed by atoms with Crippen molar-refractivity contribution in [2.75, 3.05) is 20.8 Å². The average molecular weight is 612 g/mol. The van der Waals surface area contributed by atoms with Crippen molar-refractivity contribution in [1.82, 2.24) is 5.32 Å². The first-order valence-corrected chi connectivity index (χ1v) is 14.9. The maximum Gasteiger partial charge on any atom is 0.345 e. The molecule has 1 fully saturated rings. The van der Waals surface area contributed by atoms with E-state index in [4.69, 9.17) is 35.3 Å². The molecule has 0 aromatic heterocycles. The van der Waals surface area contributed by atoms with Crippen LogP contribution in [0, 0.1) is 12.3 Å². The van der Waals surface area contributed by atoms with Gasteiger partial charge in [-0.1, -0.05) is 62.7 Å². The first-order valence-electron chi connectivity index (χ1n) is 14.5. The van der Waals surface area contributed by atoms with Gasteiger partial charge in [0, 0.05) is 11.1 Å². The Morgan fingerprint density at radius 1 is 1.07 bits per heavy atom. The number of rotatable bonds is 12. The molecule has 43 heavy (non-hydrogen) atoms. The topological polar surface area (TPSA) is 95.5 Å². The Balaban J connectivity index is 1.81. The molecule has 0 spiro atoms. The summed E-state index contributed by atoms with van der Waals surface area (Å²) < 4.78 is 29.9. The molecule has 3 aromatic carbocycles. The van der Waals surface area contributed by atoms with Gasteiger partial charge in [-0.05, 0) is 67.5 Å². The largest absolute Gasteiger partial charge is 0.495 e. The van der Waals surface area contributed by atoms with Gasteiger partial charge in [0.25, 0.3) is 0 Å². The van der Waals surface area contributed by atoms with Gasteiger partial charge in [-0.3, -0.25) is 5.32 Å². The molecule has 3 aromatic rings. The van der Waals surface area contributed by atoms with Gasteiger partial charge in [-0.25, -0.2) is 4.79 Å². The molecule has 0 amide bonds. The lowest BCUT2D eigenvalue weighted by molar-refractivity contribution is 0.0302. The first kappa shape index (κ1) is 32.6. The molecule has 4 rings (SSSR count). The quantitative estimate of drug-likeness (QED) is 0.203. The van der Waals surface area contributed by atoms with Gasteiger partial charge in [-0.2, -0.15) is 0 Å². The summed E-state index contributed by atoms with van der Waals surface area (Å²) in [5.41, 5.74) is 2.70. The second kappa shape index (κ2) is 14.4. The van der Waals surface area contributed by atoms with E-state index >= 15 is 0 Å². The van der Waals surface area contributed by atoms with Gasteiger partial charge in [0.05, 0.1) is 32.0 Å². The SMILES string of the molecule is COC(=O)c1c(Oc2c(OCc3ccccc3)cc(C)c(Cl)c2COC2CCCN2)ccc([C@@H](O)CC(C)(C)C)c1OC. The van der Waals surface area contributed by atoms with Crippen LogP contribution in [-0.2, 0) is 22.7 Å². The van der Waals surface area contributed by atoms with Crippen molar-refractivity contribution in [3.8, 4) is 23.0 Å². The summed E-state index contributed by atoms with van der Waals surface area (Å²) in [7, 11) is 2.73. The third kappa shape index (κ3) is 8.21. The number of ether oxygens (including phenoxy) is 5. The number of nitrogens with one attached hydrogen (secondary N) is 1. The van der Waals surface area contributed by atoms with E-state index in [1.165, 1.54) is 14.2 Å². The molecule has 8 nitrogen and oxygen atoms in total. The van der Waals surface area contributed by atoms with Crippen molar-refractivity contribution in [3.63, 3.8) is 0 Å². The Morgan fingerprint density at radius 2 is 1.81 bits per heavy atom. The summed E-state index contributed by atoms with van der Waals surface area (Å²) >= 11 is 6.87. The van der Waals surface area contributed by atoms with E-state index < -0.39 is 12.1 Å². The molecular weight excluding hydrogens is 570 g/mol. The van der Waals surface area contributed by atoms with Gasteiger partial charge in [-0.15, -0.1) is 0 Å². The zero-order valence-electron chi connectivity index (χ0n) is 25.8. The Labute approximate surface area is 259 Å². The molecule has 232 valence electrons. The van der Waals surface area contributed by atoms with E-state index in [1.807, 2.05) is 64.1 Å². The number of carbonyl (C=O) groups is 1. The van der Waals surface area contributed by atoms with Crippen LogP contribution in [0.15, 0.2) is 48.5 Å². The number of halogens is 1. The number of esters is 1. The summed E-state index contributed by atoms with van der Waals surface area (Å²) in [6, 6.07) is 14.9. The number of aryl methyl sites for hydroxylation is 1. The third-order valence-corrected chi connectivity index (χ3v) is 7.78. The predicted molar refractivity (Wildman–Crippen MR) is 166 cm³/mol. The predicted octanol–water partition coefficient (Wildman–Crippen LogP) is 7.51. The highest BCUT2D eigenvalue weighted by Gasteiger charge is 2.30. The minimum Gasteiger partial charge on any atom is -0.495 e. The van der Waals surface area contributed by atoms with E-state index in [0.29, 0.717) is 34.1 Å². The van der Waals surface area contributed by atoms with E-state index in [9.17, 15) is 9.90 Å². The van der Waals surface area contributed by atoms with Gasteiger partial charge in [0.15, 0.2) is 11.5 Å². The van der Waals surface area contributed by atoms with Gasteiger partial charge < -0.3 is 28.8 Å². The van der Waals surface area contributed by atoms with Crippen LogP contribution >= 0.6 is 11.6 Å². The number of aliphatic hydroxyl groups excluding tert-OH is 1. The van der Waals surface area contributed by atoms with E-state index in [-0.39, 0.29) is 41.9 Å². The lowest BCUT2D eigenvalue weighted by Gasteiger charge is -2.25.